The van der Waals surface area contributed by atoms with E-state index in [4.69, 9.17) is 0 Å². The average molecular weight is 343 g/mol. The highest BCUT2D eigenvalue weighted by molar-refractivity contribution is 7.18. The lowest BCUT2D eigenvalue weighted by molar-refractivity contribution is 0.103. The number of rotatable bonds is 3. The van der Waals surface area contributed by atoms with Gasteiger partial charge in [0.2, 0.25) is 5.13 Å². The van der Waals surface area contributed by atoms with Crippen molar-refractivity contribution in [1.82, 2.24) is 10.2 Å². The molecule has 23 heavy (non-hydrogen) atoms. The Kier molecular flexibility index (Phi) is 4.28. The zero-order chi connectivity index (χ0) is 16.6. The van der Waals surface area contributed by atoms with Crippen LogP contribution >= 0.6 is 22.7 Å². The summed E-state index contributed by atoms with van der Waals surface area (Å²) in [4.78, 5) is 12.8. The van der Waals surface area contributed by atoms with E-state index >= 15 is 0 Å². The first-order chi connectivity index (χ1) is 11.0. The van der Waals surface area contributed by atoms with Crippen LogP contribution in [0.1, 0.15) is 31.9 Å². The topological polar surface area (TPSA) is 54.9 Å². The van der Waals surface area contributed by atoms with Gasteiger partial charge in [-0.2, -0.15) is 0 Å². The molecule has 0 saturated carbocycles. The van der Waals surface area contributed by atoms with Gasteiger partial charge in [0.15, 0.2) is 0 Å². The molecule has 0 atom stereocenters. The molecule has 118 valence electrons. The minimum absolute atomic E-state index is 0.142. The van der Waals surface area contributed by atoms with Gasteiger partial charge >= 0.3 is 0 Å². The molecule has 4 nitrogen and oxygen atoms in total. The standard InChI is InChI=1S/C17H17N3OS2/c1-9-8-10(2)12(4)14(11(9)3)16-19-20-17(23-16)18-15(21)13-6-5-7-22-13/h5-8H,1-4H3,(H,18,20,21). The molecule has 0 fully saturated rings. The quantitative estimate of drug-likeness (QED) is 0.746. The number of anilines is 1. The molecule has 1 aromatic carbocycles. The molecule has 0 aliphatic rings. The third-order valence-electron chi connectivity index (χ3n) is 3.97. The van der Waals surface area contributed by atoms with E-state index in [9.17, 15) is 4.79 Å². The average Bonchev–Trinajstić information content (AvgIpc) is 3.17. The van der Waals surface area contributed by atoms with Crippen molar-refractivity contribution < 1.29 is 4.79 Å². The first kappa shape index (κ1) is 15.8. The Morgan fingerprint density at radius 2 is 1.78 bits per heavy atom. The molecule has 0 radical (unpaired) electrons. The second-order valence-electron chi connectivity index (χ2n) is 5.48. The minimum Gasteiger partial charge on any atom is -0.296 e. The molecule has 2 aromatic heterocycles. The number of nitrogens with zero attached hydrogens (tertiary/aromatic N) is 2. The largest absolute Gasteiger partial charge is 0.296 e. The predicted molar refractivity (Wildman–Crippen MR) is 96.6 cm³/mol. The van der Waals surface area contributed by atoms with Gasteiger partial charge in [0.25, 0.3) is 5.91 Å². The van der Waals surface area contributed by atoms with Crippen molar-refractivity contribution in [3.8, 4) is 10.6 Å². The first-order valence-electron chi connectivity index (χ1n) is 7.23. The summed E-state index contributed by atoms with van der Waals surface area (Å²) in [7, 11) is 0. The predicted octanol–water partition coefficient (Wildman–Crippen LogP) is 4.75. The molecule has 0 aliphatic heterocycles. The van der Waals surface area contributed by atoms with Crippen LogP contribution in [0.4, 0.5) is 5.13 Å². The molecule has 2 heterocycles. The smallest absolute Gasteiger partial charge is 0.267 e. The number of carbonyl (C=O) groups is 1. The van der Waals surface area contributed by atoms with Crippen molar-refractivity contribution in [2.75, 3.05) is 5.32 Å². The molecule has 0 unspecified atom stereocenters. The van der Waals surface area contributed by atoms with Gasteiger partial charge < -0.3 is 0 Å². The van der Waals surface area contributed by atoms with Gasteiger partial charge in [0.1, 0.15) is 5.01 Å². The number of amides is 1. The fourth-order valence-electron chi connectivity index (χ4n) is 2.48. The van der Waals surface area contributed by atoms with Gasteiger partial charge in [-0.25, -0.2) is 0 Å². The van der Waals surface area contributed by atoms with Gasteiger partial charge in [-0.15, -0.1) is 21.5 Å². The molecule has 0 aliphatic carbocycles. The number of carbonyl (C=O) groups excluding carboxylic acids is 1. The van der Waals surface area contributed by atoms with E-state index in [1.807, 2.05) is 11.4 Å². The third kappa shape index (κ3) is 3.04. The lowest BCUT2D eigenvalue weighted by Crippen LogP contribution is -2.09. The van der Waals surface area contributed by atoms with E-state index in [1.54, 1.807) is 6.07 Å². The second kappa shape index (κ2) is 6.22. The Morgan fingerprint density at radius 3 is 2.39 bits per heavy atom. The fraction of sp³-hybridized carbons (Fsp3) is 0.235. The summed E-state index contributed by atoms with van der Waals surface area (Å²) in [6.45, 7) is 8.41. The second-order valence-corrected chi connectivity index (χ2v) is 7.40. The minimum atomic E-state index is -0.142. The Labute approximate surface area is 143 Å². The van der Waals surface area contributed by atoms with Crippen LogP contribution in [-0.2, 0) is 0 Å². The number of benzene rings is 1. The summed E-state index contributed by atoms with van der Waals surface area (Å²) in [6, 6.07) is 5.84. The van der Waals surface area contributed by atoms with E-state index < -0.39 is 0 Å². The van der Waals surface area contributed by atoms with Gasteiger partial charge in [0, 0.05) is 5.56 Å². The van der Waals surface area contributed by atoms with E-state index in [-0.39, 0.29) is 5.91 Å². The molecule has 1 amide bonds. The zero-order valence-electron chi connectivity index (χ0n) is 13.4. The van der Waals surface area contributed by atoms with Crippen molar-refractivity contribution in [2.24, 2.45) is 0 Å². The van der Waals surface area contributed by atoms with Crippen molar-refractivity contribution in [1.29, 1.82) is 0 Å². The highest BCUT2D eigenvalue weighted by atomic mass is 32.1. The normalized spacial score (nSPS) is 10.8. The lowest BCUT2D eigenvalue weighted by Gasteiger charge is -2.12. The van der Waals surface area contributed by atoms with Crippen LogP contribution in [0.3, 0.4) is 0 Å². The number of aryl methyl sites for hydroxylation is 2. The molecule has 1 N–H and O–H groups in total. The number of thiophene rings is 1. The summed E-state index contributed by atoms with van der Waals surface area (Å²) in [5.41, 5.74) is 6.02. The van der Waals surface area contributed by atoms with Gasteiger partial charge in [-0.05, 0) is 61.4 Å². The van der Waals surface area contributed by atoms with Crippen LogP contribution in [0.15, 0.2) is 23.6 Å². The van der Waals surface area contributed by atoms with Crippen LogP contribution in [-0.4, -0.2) is 16.1 Å². The summed E-state index contributed by atoms with van der Waals surface area (Å²) >= 11 is 2.81. The summed E-state index contributed by atoms with van der Waals surface area (Å²) in [5, 5.41) is 14.5. The Balaban J connectivity index is 1.93. The molecule has 3 rings (SSSR count). The van der Waals surface area contributed by atoms with Crippen LogP contribution in [0.2, 0.25) is 0 Å². The molecular weight excluding hydrogens is 326 g/mol. The van der Waals surface area contributed by atoms with E-state index in [2.05, 4.69) is 49.3 Å². The van der Waals surface area contributed by atoms with Crippen LogP contribution in [0, 0.1) is 27.7 Å². The van der Waals surface area contributed by atoms with Gasteiger partial charge in [-0.3, -0.25) is 10.1 Å². The zero-order valence-corrected chi connectivity index (χ0v) is 15.1. The molecule has 0 spiro atoms. The number of nitrogens with one attached hydrogen (secondary N) is 1. The Hall–Kier alpha value is -2.05. The summed E-state index contributed by atoms with van der Waals surface area (Å²) < 4.78 is 0. The monoisotopic (exact) mass is 343 g/mol. The maximum atomic E-state index is 12.1. The number of aromatic nitrogens is 2. The van der Waals surface area contributed by atoms with Gasteiger partial charge in [0.05, 0.1) is 4.88 Å². The third-order valence-corrected chi connectivity index (χ3v) is 5.70. The summed E-state index contributed by atoms with van der Waals surface area (Å²) in [6.07, 6.45) is 0. The molecule has 3 aromatic rings. The number of hydrogen-bond acceptors (Lipinski definition) is 5. The van der Waals surface area contributed by atoms with Crippen LogP contribution < -0.4 is 5.32 Å². The molecule has 0 bridgehead atoms. The maximum Gasteiger partial charge on any atom is 0.267 e. The van der Waals surface area contributed by atoms with E-state index in [0.29, 0.717) is 10.0 Å². The maximum absolute atomic E-state index is 12.1. The first-order valence-corrected chi connectivity index (χ1v) is 8.93. The van der Waals surface area contributed by atoms with E-state index in [0.717, 1.165) is 10.6 Å². The number of hydrogen-bond donors (Lipinski definition) is 1. The van der Waals surface area contributed by atoms with Crippen molar-refractivity contribution in [2.45, 2.75) is 27.7 Å². The van der Waals surface area contributed by atoms with Gasteiger partial charge in [-0.1, -0.05) is 23.5 Å². The van der Waals surface area contributed by atoms with Crippen molar-refractivity contribution in [3.63, 3.8) is 0 Å². The van der Waals surface area contributed by atoms with E-state index in [1.165, 1.54) is 44.9 Å². The van der Waals surface area contributed by atoms with Crippen molar-refractivity contribution >= 4 is 33.7 Å². The lowest BCUT2D eigenvalue weighted by atomic mass is 9.95. The van der Waals surface area contributed by atoms with Crippen LogP contribution in [0.25, 0.3) is 10.6 Å². The fourth-order valence-corrected chi connectivity index (χ4v) is 4.00. The van der Waals surface area contributed by atoms with Crippen LogP contribution in [0.5, 0.6) is 0 Å². The molecule has 0 saturated heterocycles. The SMILES string of the molecule is Cc1cc(C)c(C)c(-c2nnc(NC(=O)c3cccs3)s2)c1C. The summed E-state index contributed by atoms with van der Waals surface area (Å²) in [5.74, 6) is -0.142. The Morgan fingerprint density at radius 1 is 1.09 bits per heavy atom. The molecule has 6 heteroatoms. The highest BCUT2D eigenvalue weighted by Gasteiger charge is 2.16. The highest BCUT2D eigenvalue weighted by Crippen LogP contribution is 2.34. The molecular formula is C17H17N3OS2. The van der Waals surface area contributed by atoms with Crippen molar-refractivity contribution in [3.05, 3.63) is 50.7 Å². The Bertz CT molecular complexity index is 840.